The highest BCUT2D eigenvalue weighted by Crippen LogP contribution is 2.38. The van der Waals surface area contributed by atoms with Gasteiger partial charge < -0.3 is 5.32 Å². The maximum atomic E-state index is 4.31. The van der Waals surface area contributed by atoms with E-state index in [0.717, 1.165) is 24.4 Å². The smallest absolute Gasteiger partial charge is 0.129 e. The molecule has 2 rings (SSSR count). The third-order valence-electron chi connectivity index (χ3n) is 3.55. The number of aromatic nitrogens is 2. The molecule has 0 spiro atoms. The van der Waals surface area contributed by atoms with Crippen molar-refractivity contribution in [3.63, 3.8) is 0 Å². The van der Waals surface area contributed by atoms with Crippen molar-refractivity contribution in [2.75, 3.05) is 5.32 Å². The van der Waals surface area contributed by atoms with Crippen molar-refractivity contribution in [1.29, 1.82) is 0 Å². The lowest BCUT2D eigenvalue weighted by Gasteiger charge is -2.18. The van der Waals surface area contributed by atoms with E-state index in [4.69, 9.17) is 0 Å². The zero-order valence-corrected chi connectivity index (χ0v) is 11.2. The van der Waals surface area contributed by atoms with Crippen LogP contribution >= 0.6 is 0 Å². The van der Waals surface area contributed by atoms with Crippen molar-refractivity contribution >= 4 is 5.82 Å². The lowest BCUT2D eigenvalue weighted by atomic mass is 9.92. The number of aryl methyl sites for hydroxylation is 1. The molecule has 1 aromatic rings. The minimum absolute atomic E-state index is 0.483. The van der Waals surface area contributed by atoms with Crippen LogP contribution in [0.2, 0.25) is 0 Å². The van der Waals surface area contributed by atoms with Gasteiger partial charge in [0.25, 0.3) is 0 Å². The Kier molecular flexibility index (Phi) is 3.65. The minimum Gasteiger partial charge on any atom is -0.367 e. The summed E-state index contributed by atoms with van der Waals surface area (Å²) in [4.78, 5) is 8.59. The van der Waals surface area contributed by atoms with Gasteiger partial charge in [-0.15, -0.1) is 0 Å². The molecule has 1 unspecified atom stereocenters. The van der Waals surface area contributed by atoms with Crippen LogP contribution in [0.1, 0.15) is 52.1 Å². The summed E-state index contributed by atoms with van der Waals surface area (Å²) in [5.41, 5.74) is 1.62. The summed E-state index contributed by atoms with van der Waals surface area (Å²) in [5, 5.41) is 3.54. The summed E-state index contributed by atoms with van der Waals surface area (Å²) in [6.07, 6.45) is 7.63. The first kappa shape index (κ1) is 12.3. The summed E-state index contributed by atoms with van der Waals surface area (Å²) >= 11 is 0. The first-order valence-electron chi connectivity index (χ1n) is 6.66. The Hall–Kier alpha value is -1.12. The van der Waals surface area contributed by atoms with Crippen molar-refractivity contribution < 1.29 is 0 Å². The van der Waals surface area contributed by atoms with E-state index in [-0.39, 0.29) is 0 Å². The zero-order chi connectivity index (χ0) is 12.3. The molecule has 0 radical (unpaired) electrons. The van der Waals surface area contributed by atoms with E-state index in [1.54, 1.807) is 6.33 Å². The molecule has 1 fully saturated rings. The second-order valence-corrected chi connectivity index (χ2v) is 5.89. The molecule has 1 aliphatic rings. The zero-order valence-electron chi connectivity index (χ0n) is 11.2. The first-order valence-corrected chi connectivity index (χ1v) is 6.66. The Morgan fingerprint density at radius 1 is 1.41 bits per heavy atom. The van der Waals surface area contributed by atoms with E-state index >= 15 is 0 Å². The van der Waals surface area contributed by atoms with Gasteiger partial charge in [0.05, 0.1) is 0 Å². The normalized spacial score (nSPS) is 22.6. The Morgan fingerprint density at radius 3 is 2.88 bits per heavy atom. The summed E-state index contributed by atoms with van der Waals surface area (Å²) in [6, 6.07) is 2.67. The Morgan fingerprint density at radius 2 is 2.24 bits per heavy atom. The van der Waals surface area contributed by atoms with Crippen LogP contribution in [-0.4, -0.2) is 16.0 Å². The van der Waals surface area contributed by atoms with Gasteiger partial charge >= 0.3 is 0 Å². The predicted octanol–water partition coefficient (Wildman–Crippen LogP) is 3.42. The molecule has 0 amide bonds. The first-order chi connectivity index (χ1) is 8.09. The van der Waals surface area contributed by atoms with Crippen LogP contribution in [0.15, 0.2) is 12.4 Å². The van der Waals surface area contributed by atoms with Crippen molar-refractivity contribution in [1.82, 2.24) is 9.97 Å². The molecule has 17 heavy (non-hydrogen) atoms. The summed E-state index contributed by atoms with van der Waals surface area (Å²) in [6.45, 7) is 6.86. The molecule has 0 bridgehead atoms. The number of nitrogens with zero attached hydrogens (tertiary/aromatic N) is 2. The Labute approximate surface area is 104 Å². The van der Waals surface area contributed by atoms with Gasteiger partial charge in [-0.1, -0.05) is 27.2 Å². The fourth-order valence-electron chi connectivity index (χ4n) is 2.64. The van der Waals surface area contributed by atoms with Crippen LogP contribution < -0.4 is 5.32 Å². The van der Waals surface area contributed by atoms with Gasteiger partial charge in [-0.25, -0.2) is 9.97 Å². The quantitative estimate of drug-likeness (QED) is 0.866. The van der Waals surface area contributed by atoms with Gasteiger partial charge in [-0.3, -0.25) is 0 Å². The van der Waals surface area contributed by atoms with Gasteiger partial charge in [0, 0.05) is 17.8 Å². The molecule has 1 aromatic heterocycles. The topological polar surface area (TPSA) is 37.8 Å². The van der Waals surface area contributed by atoms with Crippen LogP contribution in [-0.2, 0) is 6.42 Å². The lowest BCUT2D eigenvalue weighted by molar-refractivity contribution is 0.378. The van der Waals surface area contributed by atoms with Crippen molar-refractivity contribution in [3.8, 4) is 0 Å². The fourth-order valence-corrected chi connectivity index (χ4v) is 2.64. The van der Waals surface area contributed by atoms with Gasteiger partial charge in [0.2, 0.25) is 0 Å². The van der Waals surface area contributed by atoms with Gasteiger partial charge in [0.1, 0.15) is 12.1 Å². The molecule has 0 aliphatic heterocycles. The van der Waals surface area contributed by atoms with Gasteiger partial charge in [-0.2, -0.15) is 0 Å². The summed E-state index contributed by atoms with van der Waals surface area (Å²) in [7, 11) is 0. The monoisotopic (exact) mass is 233 g/mol. The van der Waals surface area contributed by atoms with Crippen molar-refractivity contribution in [3.05, 3.63) is 18.1 Å². The molecule has 0 saturated heterocycles. The molecule has 3 heteroatoms. The van der Waals surface area contributed by atoms with E-state index < -0.39 is 0 Å². The van der Waals surface area contributed by atoms with E-state index in [1.807, 2.05) is 0 Å². The average molecular weight is 233 g/mol. The van der Waals surface area contributed by atoms with E-state index in [1.165, 1.54) is 19.3 Å². The molecule has 0 aromatic carbocycles. The molecule has 94 valence electrons. The Balaban J connectivity index is 1.97. The lowest BCUT2D eigenvalue weighted by Crippen LogP contribution is -2.18. The maximum Gasteiger partial charge on any atom is 0.129 e. The highest BCUT2D eigenvalue weighted by Gasteiger charge is 2.30. The fraction of sp³-hybridized carbons (Fsp3) is 0.714. The molecular formula is C14H23N3. The second kappa shape index (κ2) is 5.03. The third kappa shape index (κ3) is 3.42. The minimum atomic E-state index is 0.483. The Bertz CT molecular complexity index is 373. The summed E-state index contributed by atoms with van der Waals surface area (Å²) in [5.74, 6) is 0.992. The van der Waals surface area contributed by atoms with E-state index in [2.05, 4.69) is 42.1 Å². The third-order valence-corrected chi connectivity index (χ3v) is 3.55. The number of hydrogen-bond donors (Lipinski definition) is 1. The molecule has 1 N–H and O–H groups in total. The van der Waals surface area contributed by atoms with Crippen LogP contribution in [0.25, 0.3) is 0 Å². The maximum absolute atomic E-state index is 4.31. The largest absolute Gasteiger partial charge is 0.367 e. The standard InChI is InChI=1S/C14H23N3/c1-4-5-11-8-13(16-10-15-11)17-12-6-7-14(2,3)9-12/h8,10,12H,4-7,9H2,1-3H3,(H,15,16,17). The summed E-state index contributed by atoms with van der Waals surface area (Å²) < 4.78 is 0. The number of anilines is 1. The van der Waals surface area contributed by atoms with Crippen LogP contribution in [0, 0.1) is 5.41 Å². The van der Waals surface area contributed by atoms with Crippen molar-refractivity contribution in [2.24, 2.45) is 5.41 Å². The second-order valence-electron chi connectivity index (χ2n) is 5.89. The van der Waals surface area contributed by atoms with Gasteiger partial charge in [-0.05, 0) is 31.1 Å². The van der Waals surface area contributed by atoms with Crippen LogP contribution in [0.5, 0.6) is 0 Å². The number of nitrogens with one attached hydrogen (secondary N) is 1. The highest BCUT2D eigenvalue weighted by molar-refractivity contribution is 5.36. The van der Waals surface area contributed by atoms with Gasteiger partial charge in [0.15, 0.2) is 0 Å². The average Bonchev–Trinajstić information content (AvgIpc) is 2.59. The molecule has 1 saturated carbocycles. The van der Waals surface area contributed by atoms with E-state index in [0.29, 0.717) is 11.5 Å². The predicted molar refractivity (Wildman–Crippen MR) is 71.1 cm³/mol. The SMILES string of the molecule is CCCc1cc(NC2CCC(C)(C)C2)ncn1. The van der Waals surface area contributed by atoms with Crippen LogP contribution in [0.4, 0.5) is 5.82 Å². The molecule has 1 atom stereocenters. The molecule has 1 aliphatic carbocycles. The molecule has 1 heterocycles. The van der Waals surface area contributed by atoms with Crippen molar-refractivity contribution in [2.45, 2.75) is 58.9 Å². The molecule has 3 nitrogen and oxygen atoms in total. The number of hydrogen-bond acceptors (Lipinski definition) is 3. The van der Waals surface area contributed by atoms with Crippen LogP contribution in [0.3, 0.4) is 0 Å². The highest BCUT2D eigenvalue weighted by atomic mass is 15.0. The number of rotatable bonds is 4. The van der Waals surface area contributed by atoms with E-state index in [9.17, 15) is 0 Å². The molecular weight excluding hydrogens is 210 g/mol.